The second-order valence-corrected chi connectivity index (χ2v) is 4.54. The number of rotatable bonds is 3. The van der Waals surface area contributed by atoms with Gasteiger partial charge < -0.3 is 20.1 Å². The number of fused-ring (bicyclic) bond motifs is 1. The Morgan fingerprint density at radius 1 is 1.17 bits per heavy atom. The molecule has 2 rings (SSSR count). The van der Waals surface area contributed by atoms with Crippen LogP contribution >= 0.6 is 0 Å². The fourth-order valence-corrected chi connectivity index (χ4v) is 2.53. The van der Waals surface area contributed by atoms with Gasteiger partial charge in [-0.15, -0.1) is 0 Å². The van der Waals surface area contributed by atoms with Gasteiger partial charge >= 0.3 is 0 Å². The third-order valence-corrected chi connectivity index (χ3v) is 3.55. The maximum Gasteiger partial charge on any atom is 0.161 e. The lowest BCUT2D eigenvalue weighted by Crippen LogP contribution is -2.29. The van der Waals surface area contributed by atoms with Crippen LogP contribution < -0.4 is 20.1 Å². The van der Waals surface area contributed by atoms with Gasteiger partial charge in [-0.1, -0.05) is 0 Å². The van der Waals surface area contributed by atoms with Gasteiger partial charge in [-0.25, -0.2) is 0 Å². The first-order valence-electron chi connectivity index (χ1n) is 6.43. The highest BCUT2D eigenvalue weighted by Gasteiger charge is 2.19. The molecule has 1 atom stereocenters. The Hall–Kier alpha value is -1.26. The van der Waals surface area contributed by atoms with Crippen LogP contribution in [0.25, 0.3) is 0 Å². The smallest absolute Gasteiger partial charge is 0.161 e. The molecule has 4 nitrogen and oxygen atoms in total. The van der Waals surface area contributed by atoms with Crippen molar-refractivity contribution in [3.8, 4) is 11.5 Å². The van der Waals surface area contributed by atoms with Crippen LogP contribution in [-0.2, 0) is 6.42 Å². The Morgan fingerprint density at radius 3 is 2.56 bits per heavy atom. The average Bonchev–Trinajstić information content (AvgIpc) is 2.39. The zero-order valence-corrected chi connectivity index (χ0v) is 11.4. The molecule has 18 heavy (non-hydrogen) atoms. The highest BCUT2D eigenvalue weighted by Crippen LogP contribution is 2.34. The number of methoxy groups -OCH3 is 2. The lowest BCUT2D eigenvalue weighted by Gasteiger charge is -2.25. The minimum absolute atomic E-state index is 0.368. The van der Waals surface area contributed by atoms with Gasteiger partial charge in [0.15, 0.2) is 11.5 Å². The minimum Gasteiger partial charge on any atom is -0.493 e. The van der Waals surface area contributed by atoms with Crippen LogP contribution in [0.2, 0.25) is 0 Å². The number of benzene rings is 1. The van der Waals surface area contributed by atoms with E-state index in [-0.39, 0.29) is 0 Å². The summed E-state index contributed by atoms with van der Waals surface area (Å²) in [6.07, 6.45) is 2.10. The predicted octanol–water partition coefficient (Wildman–Crippen LogP) is 1.50. The SMILES string of the molecule is CNC1CCNCCc2cc(OC)c(OC)cc21. The minimum atomic E-state index is 0.368. The van der Waals surface area contributed by atoms with Crippen LogP contribution in [0.15, 0.2) is 12.1 Å². The lowest BCUT2D eigenvalue weighted by atomic mass is 9.94. The molecule has 0 saturated carbocycles. The lowest BCUT2D eigenvalue weighted by molar-refractivity contribution is 0.352. The zero-order valence-electron chi connectivity index (χ0n) is 11.4. The van der Waals surface area contributed by atoms with E-state index < -0.39 is 0 Å². The Labute approximate surface area is 109 Å². The molecule has 2 N–H and O–H groups in total. The van der Waals surface area contributed by atoms with Crippen molar-refractivity contribution in [2.24, 2.45) is 0 Å². The summed E-state index contributed by atoms with van der Waals surface area (Å²) in [7, 11) is 5.37. The number of hydrogen-bond acceptors (Lipinski definition) is 4. The molecule has 0 fully saturated rings. The summed E-state index contributed by atoms with van der Waals surface area (Å²) in [6, 6.07) is 4.58. The molecular weight excluding hydrogens is 228 g/mol. The van der Waals surface area contributed by atoms with E-state index in [2.05, 4.69) is 22.8 Å². The van der Waals surface area contributed by atoms with Crippen molar-refractivity contribution in [3.63, 3.8) is 0 Å². The van der Waals surface area contributed by atoms with Crippen LogP contribution in [0.3, 0.4) is 0 Å². The van der Waals surface area contributed by atoms with Gasteiger partial charge in [0.25, 0.3) is 0 Å². The average molecular weight is 250 g/mol. The molecule has 0 saturated heterocycles. The molecular formula is C14H22N2O2. The molecule has 0 radical (unpaired) electrons. The Morgan fingerprint density at radius 2 is 1.89 bits per heavy atom. The Kier molecular flexibility index (Phi) is 4.44. The molecule has 1 aliphatic rings. The molecule has 0 spiro atoms. The molecule has 0 amide bonds. The zero-order chi connectivity index (χ0) is 13.0. The quantitative estimate of drug-likeness (QED) is 0.853. The molecule has 1 unspecified atom stereocenters. The highest BCUT2D eigenvalue weighted by atomic mass is 16.5. The predicted molar refractivity (Wildman–Crippen MR) is 72.5 cm³/mol. The van der Waals surface area contributed by atoms with Crippen molar-refractivity contribution >= 4 is 0 Å². The van der Waals surface area contributed by atoms with Gasteiger partial charge in [0.05, 0.1) is 14.2 Å². The van der Waals surface area contributed by atoms with Crippen LogP contribution in [0.5, 0.6) is 11.5 Å². The van der Waals surface area contributed by atoms with Crippen LogP contribution in [0.4, 0.5) is 0 Å². The van der Waals surface area contributed by atoms with E-state index in [1.54, 1.807) is 14.2 Å². The number of ether oxygens (including phenoxy) is 2. The standard InChI is InChI=1S/C14H22N2O2/c1-15-12-5-7-16-6-4-10-8-13(17-2)14(18-3)9-11(10)12/h8-9,12,15-16H,4-7H2,1-3H3. The highest BCUT2D eigenvalue weighted by molar-refractivity contribution is 5.48. The topological polar surface area (TPSA) is 42.5 Å². The van der Waals surface area contributed by atoms with Crippen molar-refractivity contribution in [1.82, 2.24) is 10.6 Å². The maximum absolute atomic E-state index is 5.40. The monoisotopic (exact) mass is 250 g/mol. The van der Waals surface area contributed by atoms with E-state index in [9.17, 15) is 0 Å². The summed E-state index contributed by atoms with van der Waals surface area (Å²) in [5.74, 6) is 1.62. The summed E-state index contributed by atoms with van der Waals surface area (Å²) in [4.78, 5) is 0. The first-order chi connectivity index (χ1) is 8.80. The fourth-order valence-electron chi connectivity index (χ4n) is 2.53. The van der Waals surface area contributed by atoms with E-state index >= 15 is 0 Å². The maximum atomic E-state index is 5.40. The molecule has 0 bridgehead atoms. The Bertz CT molecular complexity index is 407. The van der Waals surface area contributed by atoms with Crippen molar-refractivity contribution in [1.29, 1.82) is 0 Å². The molecule has 100 valence electrons. The van der Waals surface area contributed by atoms with Crippen molar-refractivity contribution < 1.29 is 9.47 Å². The molecule has 1 aromatic carbocycles. The van der Waals surface area contributed by atoms with Crippen LogP contribution in [-0.4, -0.2) is 34.4 Å². The molecule has 1 aromatic rings. The fraction of sp³-hybridized carbons (Fsp3) is 0.571. The second kappa shape index (κ2) is 6.07. The van der Waals surface area contributed by atoms with Gasteiger partial charge in [0.2, 0.25) is 0 Å². The summed E-state index contributed by atoms with van der Waals surface area (Å²) in [6.45, 7) is 2.05. The Balaban J connectivity index is 2.45. The first-order valence-corrected chi connectivity index (χ1v) is 6.43. The summed E-state index contributed by atoms with van der Waals surface area (Å²) >= 11 is 0. The van der Waals surface area contributed by atoms with Crippen LogP contribution in [0, 0.1) is 0 Å². The normalized spacial score (nSPS) is 19.6. The van der Waals surface area contributed by atoms with Crippen molar-refractivity contribution in [2.75, 3.05) is 34.4 Å². The van der Waals surface area contributed by atoms with Crippen LogP contribution in [0.1, 0.15) is 23.6 Å². The third kappa shape index (κ3) is 2.60. The summed E-state index contributed by atoms with van der Waals surface area (Å²) < 4.78 is 10.8. The first kappa shape index (κ1) is 13.2. The van der Waals surface area contributed by atoms with Gasteiger partial charge in [0, 0.05) is 6.04 Å². The number of nitrogens with one attached hydrogen (secondary N) is 2. The second-order valence-electron chi connectivity index (χ2n) is 4.54. The molecule has 0 aliphatic carbocycles. The van der Waals surface area contributed by atoms with Crippen molar-refractivity contribution in [2.45, 2.75) is 18.9 Å². The molecule has 1 aliphatic heterocycles. The largest absolute Gasteiger partial charge is 0.493 e. The van der Waals surface area contributed by atoms with E-state index in [4.69, 9.17) is 9.47 Å². The molecule has 0 aromatic heterocycles. The van der Waals surface area contributed by atoms with E-state index in [1.165, 1.54) is 11.1 Å². The van der Waals surface area contributed by atoms with Gasteiger partial charge in [-0.3, -0.25) is 0 Å². The third-order valence-electron chi connectivity index (χ3n) is 3.55. The van der Waals surface area contributed by atoms with E-state index in [0.29, 0.717) is 6.04 Å². The molecule has 1 heterocycles. The van der Waals surface area contributed by atoms with Gasteiger partial charge in [-0.05, 0) is 56.2 Å². The van der Waals surface area contributed by atoms with Gasteiger partial charge in [0.1, 0.15) is 0 Å². The summed E-state index contributed by atoms with van der Waals surface area (Å²) in [5, 5.41) is 6.83. The van der Waals surface area contributed by atoms with Crippen molar-refractivity contribution in [3.05, 3.63) is 23.3 Å². The number of hydrogen-bond donors (Lipinski definition) is 2. The van der Waals surface area contributed by atoms with Gasteiger partial charge in [-0.2, -0.15) is 0 Å². The summed E-state index contributed by atoms with van der Waals surface area (Å²) in [5.41, 5.74) is 2.66. The molecule has 4 heteroatoms. The van der Waals surface area contributed by atoms with E-state index in [1.807, 2.05) is 7.05 Å². The van der Waals surface area contributed by atoms with E-state index in [0.717, 1.165) is 37.4 Å².